The lowest BCUT2D eigenvalue weighted by atomic mass is 9.93. The number of piperidine rings is 1. The van der Waals surface area contributed by atoms with Gasteiger partial charge in [0.1, 0.15) is 0 Å². The molecule has 1 aromatic rings. The number of rotatable bonds is 2. The average Bonchev–Trinajstić information content (AvgIpc) is 2.74. The highest BCUT2D eigenvalue weighted by Crippen LogP contribution is 2.25. The summed E-state index contributed by atoms with van der Waals surface area (Å²) in [6.45, 7) is 4.40. The van der Waals surface area contributed by atoms with Crippen LogP contribution in [0.3, 0.4) is 0 Å². The fourth-order valence-electron chi connectivity index (χ4n) is 2.30. The highest BCUT2D eigenvalue weighted by molar-refractivity contribution is 7.16. The zero-order chi connectivity index (χ0) is 14.0. The smallest absolute Gasteiger partial charge is 0.322 e. The number of nitrogens with zero attached hydrogens (tertiary/aromatic N) is 1. The molecule has 6 heteroatoms. The van der Waals surface area contributed by atoms with Crippen LogP contribution in [0.2, 0.25) is 0 Å². The summed E-state index contributed by atoms with van der Waals surface area (Å²) in [7, 11) is 0. The van der Waals surface area contributed by atoms with Crippen LogP contribution in [-0.4, -0.2) is 29.4 Å². The zero-order valence-electron chi connectivity index (χ0n) is 11.2. The summed E-state index contributed by atoms with van der Waals surface area (Å²) < 4.78 is 0. The Morgan fingerprint density at radius 3 is 2.74 bits per heavy atom. The quantitative estimate of drug-likeness (QED) is 0.871. The van der Waals surface area contributed by atoms with Gasteiger partial charge in [-0.3, -0.25) is 10.1 Å². The molecule has 2 heterocycles. The van der Waals surface area contributed by atoms with E-state index in [0.29, 0.717) is 6.54 Å². The van der Waals surface area contributed by atoms with Crippen molar-refractivity contribution in [1.82, 2.24) is 4.90 Å². The van der Waals surface area contributed by atoms with Gasteiger partial charge in [-0.25, -0.2) is 4.79 Å². The van der Waals surface area contributed by atoms with E-state index in [1.807, 2.05) is 26.0 Å². The molecule has 3 N–H and O–H groups in total. The molecule has 0 spiro atoms. The molecule has 1 aliphatic rings. The van der Waals surface area contributed by atoms with E-state index >= 15 is 0 Å². The van der Waals surface area contributed by atoms with Crippen LogP contribution in [0.5, 0.6) is 0 Å². The number of nitrogens with two attached hydrogens (primary N) is 1. The molecule has 0 aliphatic carbocycles. The number of carbonyl (C=O) groups excluding carboxylic acids is 2. The summed E-state index contributed by atoms with van der Waals surface area (Å²) in [6, 6.07) is 3.83. The highest BCUT2D eigenvalue weighted by Gasteiger charge is 2.31. The fourth-order valence-corrected chi connectivity index (χ4v) is 3.06. The molecule has 5 nitrogen and oxygen atoms in total. The Morgan fingerprint density at radius 2 is 2.16 bits per heavy atom. The van der Waals surface area contributed by atoms with Crippen LogP contribution in [0.1, 0.15) is 24.6 Å². The van der Waals surface area contributed by atoms with Crippen molar-refractivity contribution in [3.63, 3.8) is 0 Å². The number of anilines is 1. The Hall–Kier alpha value is -1.56. The van der Waals surface area contributed by atoms with Gasteiger partial charge in [0.15, 0.2) is 0 Å². The van der Waals surface area contributed by atoms with Crippen molar-refractivity contribution >= 4 is 28.3 Å². The van der Waals surface area contributed by atoms with Crippen molar-refractivity contribution in [2.75, 3.05) is 11.9 Å². The molecule has 2 atom stereocenters. The van der Waals surface area contributed by atoms with Crippen LogP contribution >= 0.6 is 11.3 Å². The lowest BCUT2D eigenvalue weighted by molar-refractivity contribution is -0.123. The van der Waals surface area contributed by atoms with Crippen LogP contribution in [0.15, 0.2) is 12.1 Å². The number of aryl methyl sites for hydroxylation is 1. The van der Waals surface area contributed by atoms with Gasteiger partial charge in [0.05, 0.1) is 10.9 Å². The Balaban J connectivity index is 2.02. The number of nitrogens with one attached hydrogen (secondary N) is 1. The van der Waals surface area contributed by atoms with Crippen LogP contribution in [0.25, 0.3) is 0 Å². The number of likely N-dealkylation sites (tertiary alicyclic amines) is 1. The van der Waals surface area contributed by atoms with E-state index in [4.69, 9.17) is 5.73 Å². The van der Waals surface area contributed by atoms with Crippen molar-refractivity contribution in [3.8, 4) is 0 Å². The molecular weight excluding hydrogens is 262 g/mol. The minimum Gasteiger partial charge on any atom is -0.369 e. The molecule has 1 fully saturated rings. The van der Waals surface area contributed by atoms with Gasteiger partial charge in [-0.2, -0.15) is 0 Å². The van der Waals surface area contributed by atoms with E-state index in [0.717, 1.165) is 22.7 Å². The third-order valence-electron chi connectivity index (χ3n) is 3.52. The maximum Gasteiger partial charge on any atom is 0.322 e. The molecule has 104 valence electrons. The summed E-state index contributed by atoms with van der Waals surface area (Å²) in [5, 5.41) is 3.71. The minimum atomic E-state index is -0.323. The van der Waals surface area contributed by atoms with E-state index < -0.39 is 0 Å². The SMILES string of the molecule is Cc1ccc(NC(=O)N2C[C@H](C(N)=O)CC[C@@H]2C)s1. The monoisotopic (exact) mass is 281 g/mol. The number of urea groups is 1. The predicted octanol–water partition coefficient (Wildman–Crippen LogP) is 2.17. The van der Waals surface area contributed by atoms with E-state index in [-0.39, 0.29) is 23.9 Å². The zero-order valence-corrected chi connectivity index (χ0v) is 12.0. The van der Waals surface area contributed by atoms with Crippen LogP contribution < -0.4 is 11.1 Å². The minimum absolute atomic E-state index is 0.136. The van der Waals surface area contributed by atoms with Gasteiger partial charge >= 0.3 is 6.03 Å². The third-order valence-corrected chi connectivity index (χ3v) is 4.43. The fraction of sp³-hybridized carbons (Fsp3) is 0.538. The summed E-state index contributed by atoms with van der Waals surface area (Å²) in [5.74, 6) is -0.552. The lowest BCUT2D eigenvalue weighted by Crippen LogP contribution is -2.50. The lowest BCUT2D eigenvalue weighted by Gasteiger charge is -2.36. The Morgan fingerprint density at radius 1 is 1.42 bits per heavy atom. The van der Waals surface area contributed by atoms with Crippen molar-refractivity contribution < 1.29 is 9.59 Å². The molecule has 3 amide bonds. The molecule has 2 rings (SSSR count). The first-order valence-corrected chi connectivity index (χ1v) is 7.22. The Bertz CT molecular complexity index is 486. The van der Waals surface area contributed by atoms with Gasteiger partial charge in [-0.1, -0.05) is 0 Å². The van der Waals surface area contributed by atoms with Gasteiger partial charge in [0, 0.05) is 17.5 Å². The first-order chi connectivity index (χ1) is 8.97. The third kappa shape index (κ3) is 3.26. The highest BCUT2D eigenvalue weighted by atomic mass is 32.1. The molecular formula is C13H19N3O2S. The molecule has 1 saturated heterocycles. The summed E-state index contributed by atoms with van der Waals surface area (Å²) in [4.78, 5) is 26.3. The van der Waals surface area contributed by atoms with Gasteiger partial charge in [0.25, 0.3) is 0 Å². The van der Waals surface area contributed by atoms with Crippen molar-refractivity contribution in [2.45, 2.75) is 32.7 Å². The first-order valence-electron chi connectivity index (χ1n) is 6.40. The second kappa shape index (κ2) is 5.61. The van der Waals surface area contributed by atoms with Gasteiger partial charge in [-0.15, -0.1) is 11.3 Å². The molecule has 0 bridgehead atoms. The summed E-state index contributed by atoms with van der Waals surface area (Å²) in [5.41, 5.74) is 5.34. The molecule has 1 aromatic heterocycles. The van der Waals surface area contributed by atoms with E-state index in [1.54, 1.807) is 4.90 Å². The number of hydrogen-bond acceptors (Lipinski definition) is 3. The normalized spacial score (nSPS) is 23.2. The molecule has 0 aromatic carbocycles. The number of hydrogen-bond donors (Lipinski definition) is 2. The Labute approximate surface area is 116 Å². The van der Waals surface area contributed by atoms with E-state index in [2.05, 4.69) is 5.32 Å². The number of amides is 3. The van der Waals surface area contributed by atoms with Crippen molar-refractivity contribution in [3.05, 3.63) is 17.0 Å². The first kappa shape index (κ1) is 13.9. The molecule has 0 saturated carbocycles. The molecule has 0 unspecified atom stereocenters. The van der Waals surface area contributed by atoms with E-state index in [9.17, 15) is 9.59 Å². The second-order valence-electron chi connectivity index (χ2n) is 5.02. The summed E-state index contributed by atoms with van der Waals surface area (Å²) >= 11 is 1.54. The second-order valence-corrected chi connectivity index (χ2v) is 6.31. The van der Waals surface area contributed by atoms with Crippen LogP contribution in [0.4, 0.5) is 9.80 Å². The van der Waals surface area contributed by atoms with Crippen molar-refractivity contribution in [1.29, 1.82) is 0 Å². The van der Waals surface area contributed by atoms with E-state index in [1.165, 1.54) is 11.3 Å². The molecule has 1 aliphatic heterocycles. The topological polar surface area (TPSA) is 75.4 Å². The van der Waals surface area contributed by atoms with Gasteiger partial charge in [-0.05, 0) is 38.8 Å². The predicted molar refractivity (Wildman–Crippen MR) is 76.2 cm³/mol. The van der Waals surface area contributed by atoms with Crippen LogP contribution in [-0.2, 0) is 4.79 Å². The van der Waals surface area contributed by atoms with Gasteiger partial charge in [0.2, 0.25) is 5.91 Å². The molecule has 0 radical (unpaired) electrons. The largest absolute Gasteiger partial charge is 0.369 e. The average molecular weight is 281 g/mol. The van der Waals surface area contributed by atoms with Gasteiger partial charge < -0.3 is 10.6 Å². The van der Waals surface area contributed by atoms with Crippen molar-refractivity contribution in [2.24, 2.45) is 11.7 Å². The van der Waals surface area contributed by atoms with Crippen LogP contribution in [0, 0.1) is 12.8 Å². The number of thiophene rings is 1. The Kier molecular flexibility index (Phi) is 4.09. The standard InChI is InChI=1S/C13H19N3O2S/c1-8-3-5-10(12(14)17)7-16(8)13(18)15-11-6-4-9(2)19-11/h4,6,8,10H,3,5,7H2,1-2H3,(H2,14,17)(H,15,18)/t8-,10+/m0/s1. The maximum atomic E-state index is 12.2. The molecule has 19 heavy (non-hydrogen) atoms. The number of carbonyl (C=O) groups is 2. The maximum absolute atomic E-state index is 12.2. The summed E-state index contributed by atoms with van der Waals surface area (Å²) in [6.07, 6.45) is 1.57. The number of primary amides is 1.